The number of nitrogens with zero attached hydrogens (tertiary/aromatic N) is 3. The van der Waals surface area contributed by atoms with Crippen molar-refractivity contribution in [1.82, 2.24) is 20.1 Å². The van der Waals surface area contributed by atoms with Crippen molar-refractivity contribution in [3.8, 4) is 11.1 Å². The van der Waals surface area contributed by atoms with E-state index in [2.05, 4.69) is 34.6 Å². The highest BCUT2D eigenvalue weighted by molar-refractivity contribution is 6.33. The lowest BCUT2D eigenvalue weighted by molar-refractivity contribution is -0.121. The average Bonchev–Trinajstić information content (AvgIpc) is 3.23. The highest BCUT2D eigenvalue weighted by atomic mass is 35.5. The third-order valence-corrected chi connectivity index (χ3v) is 6.64. The van der Waals surface area contributed by atoms with E-state index < -0.39 is 11.7 Å². The first-order valence-electron chi connectivity index (χ1n) is 11.9. The van der Waals surface area contributed by atoms with Crippen LogP contribution in [0.4, 0.5) is 10.6 Å². The molecule has 4 rings (SSSR count). The molecule has 0 bridgehead atoms. The van der Waals surface area contributed by atoms with E-state index in [9.17, 15) is 9.59 Å². The molecule has 1 fully saturated rings. The predicted molar refractivity (Wildman–Crippen MR) is 132 cm³/mol. The van der Waals surface area contributed by atoms with Gasteiger partial charge in [-0.1, -0.05) is 31.9 Å². The molecule has 3 heterocycles. The van der Waals surface area contributed by atoms with Crippen molar-refractivity contribution in [3.05, 3.63) is 29.2 Å². The minimum atomic E-state index is -0.556. The zero-order valence-electron chi connectivity index (χ0n) is 20.6. The summed E-state index contributed by atoms with van der Waals surface area (Å²) in [4.78, 5) is 29.5. The molecule has 34 heavy (non-hydrogen) atoms. The van der Waals surface area contributed by atoms with Crippen molar-refractivity contribution in [2.24, 2.45) is 11.3 Å². The minimum absolute atomic E-state index is 0.0913. The van der Waals surface area contributed by atoms with Gasteiger partial charge in [-0.15, -0.1) is 0 Å². The van der Waals surface area contributed by atoms with E-state index in [4.69, 9.17) is 16.3 Å². The lowest BCUT2D eigenvalue weighted by atomic mass is 9.85. The van der Waals surface area contributed by atoms with Gasteiger partial charge in [-0.3, -0.25) is 9.48 Å². The van der Waals surface area contributed by atoms with Crippen LogP contribution in [0.25, 0.3) is 11.1 Å². The molecule has 1 aliphatic heterocycles. The molecule has 8 nitrogen and oxygen atoms in total. The number of hydrogen-bond donors (Lipinski definition) is 2. The first kappa shape index (κ1) is 24.5. The summed E-state index contributed by atoms with van der Waals surface area (Å²) in [5, 5.41) is 10.9. The summed E-state index contributed by atoms with van der Waals surface area (Å²) in [6, 6.07) is 1.73. The summed E-state index contributed by atoms with van der Waals surface area (Å²) in [7, 11) is 0. The number of pyridine rings is 1. The van der Waals surface area contributed by atoms with Gasteiger partial charge in [-0.2, -0.15) is 5.10 Å². The maximum atomic E-state index is 13.0. The van der Waals surface area contributed by atoms with Crippen molar-refractivity contribution < 1.29 is 14.3 Å². The van der Waals surface area contributed by atoms with Crippen LogP contribution < -0.4 is 10.6 Å². The first-order valence-corrected chi connectivity index (χ1v) is 12.3. The van der Waals surface area contributed by atoms with Crippen LogP contribution in [0.5, 0.6) is 0 Å². The summed E-state index contributed by atoms with van der Waals surface area (Å²) in [6.45, 7) is 10.8. The molecule has 1 aliphatic carbocycles. The predicted octanol–water partition coefficient (Wildman–Crippen LogP) is 5.20. The number of amides is 2. The summed E-state index contributed by atoms with van der Waals surface area (Å²) >= 11 is 6.49. The number of carbonyl (C=O) groups is 2. The molecule has 1 saturated carbocycles. The topological polar surface area (TPSA) is 98.1 Å². The summed E-state index contributed by atoms with van der Waals surface area (Å²) in [6.07, 6.45) is 6.90. The highest BCUT2D eigenvalue weighted by Crippen LogP contribution is 2.39. The molecule has 0 radical (unpaired) electrons. The molecule has 184 valence electrons. The molecule has 0 saturated heterocycles. The van der Waals surface area contributed by atoms with Gasteiger partial charge in [0, 0.05) is 41.5 Å². The second-order valence-electron chi connectivity index (χ2n) is 11.2. The number of hydrogen-bond acceptors (Lipinski definition) is 5. The Balaban J connectivity index is 1.43. The Morgan fingerprint density at radius 3 is 2.71 bits per heavy atom. The molecule has 2 aromatic heterocycles. The summed E-state index contributed by atoms with van der Waals surface area (Å²) in [5.41, 5.74) is 2.55. The molecule has 2 aliphatic rings. The number of fused-ring (bicyclic) bond motifs is 1. The maximum Gasteiger partial charge on any atom is 0.407 e. The van der Waals surface area contributed by atoms with Crippen LogP contribution in [0.15, 0.2) is 18.5 Å². The Morgan fingerprint density at radius 1 is 1.21 bits per heavy atom. The molecular formula is C25H34ClN5O3. The fourth-order valence-electron chi connectivity index (χ4n) is 4.85. The Kier molecular flexibility index (Phi) is 6.64. The lowest BCUT2D eigenvalue weighted by Crippen LogP contribution is -2.43. The number of nitrogens with one attached hydrogen (secondary N) is 2. The van der Waals surface area contributed by atoms with Crippen LogP contribution in [-0.2, 0) is 22.5 Å². The van der Waals surface area contributed by atoms with Gasteiger partial charge in [0.2, 0.25) is 5.91 Å². The Bertz CT molecular complexity index is 1090. The molecule has 0 unspecified atom stereocenters. The van der Waals surface area contributed by atoms with E-state index in [0.29, 0.717) is 17.3 Å². The van der Waals surface area contributed by atoms with Gasteiger partial charge in [0.25, 0.3) is 0 Å². The monoisotopic (exact) mass is 487 g/mol. The van der Waals surface area contributed by atoms with E-state index in [1.807, 2.05) is 37.7 Å². The van der Waals surface area contributed by atoms with Gasteiger partial charge in [0.05, 0.1) is 11.2 Å². The van der Waals surface area contributed by atoms with E-state index in [1.54, 1.807) is 6.20 Å². The van der Waals surface area contributed by atoms with Crippen LogP contribution in [0.1, 0.15) is 66.0 Å². The number of alkyl carbamates (subject to hydrolysis) is 1. The van der Waals surface area contributed by atoms with Gasteiger partial charge in [-0.05, 0) is 57.9 Å². The van der Waals surface area contributed by atoms with Crippen molar-refractivity contribution >= 4 is 29.4 Å². The molecule has 2 amide bonds. The fraction of sp³-hybridized carbons (Fsp3) is 0.600. The minimum Gasteiger partial charge on any atom is -0.444 e. The molecule has 0 aromatic carbocycles. The number of rotatable bonds is 4. The SMILES string of the molecule is CC1(C)Cc2c(-c3cc(NC(=O)[C@H]4CCC[C@H](NC(=O)OC(C)(C)C)C4)ncc3Cl)cnn2C1. The Hall–Kier alpha value is -2.61. The number of halogens is 1. The summed E-state index contributed by atoms with van der Waals surface area (Å²) < 4.78 is 7.39. The molecule has 9 heteroatoms. The van der Waals surface area contributed by atoms with Crippen LogP contribution >= 0.6 is 11.6 Å². The number of carbonyl (C=O) groups excluding carboxylic acids is 2. The largest absolute Gasteiger partial charge is 0.444 e. The maximum absolute atomic E-state index is 13.0. The quantitative estimate of drug-likeness (QED) is 0.617. The van der Waals surface area contributed by atoms with E-state index >= 15 is 0 Å². The third kappa shape index (κ3) is 5.71. The Labute approximate surface area is 205 Å². The van der Waals surface area contributed by atoms with Crippen molar-refractivity contribution in [2.75, 3.05) is 5.32 Å². The fourth-order valence-corrected chi connectivity index (χ4v) is 5.05. The third-order valence-electron chi connectivity index (χ3n) is 6.34. The standard InChI is InChI=1S/C25H34ClN5O3/c1-24(2,3)34-23(33)29-16-8-6-7-15(9-16)22(32)30-21-10-17(19(26)13-27-21)18-12-28-31-14-25(4,5)11-20(18)31/h10,12-13,15-16H,6-9,11,14H2,1-5H3,(H,29,33)(H,27,30,32)/t15-,16-/m0/s1. The second-order valence-corrected chi connectivity index (χ2v) is 11.7. The van der Waals surface area contributed by atoms with Crippen LogP contribution in [0.3, 0.4) is 0 Å². The van der Waals surface area contributed by atoms with Crippen LogP contribution in [-0.4, -0.2) is 38.4 Å². The zero-order valence-corrected chi connectivity index (χ0v) is 21.3. The number of ether oxygens (including phenoxy) is 1. The second kappa shape index (κ2) is 9.21. The van der Waals surface area contributed by atoms with E-state index in [0.717, 1.165) is 49.0 Å². The Morgan fingerprint density at radius 2 is 1.97 bits per heavy atom. The van der Waals surface area contributed by atoms with Crippen LogP contribution in [0.2, 0.25) is 5.02 Å². The van der Waals surface area contributed by atoms with E-state index in [-0.39, 0.29) is 23.3 Å². The van der Waals surface area contributed by atoms with Gasteiger partial charge in [0.1, 0.15) is 11.4 Å². The van der Waals surface area contributed by atoms with Gasteiger partial charge in [0.15, 0.2) is 0 Å². The van der Waals surface area contributed by atoms with Crippen molar-refractivity contribution in [3.63, 3.8) is 0 Å². The lowest BCUT2D eigenvalue weighted by Gasteiger charge is -2.30. The smallest absolute Gasteiger partial charge is 0.407 e. The van der Waals surface area contributed by atoms with Gasteiger partial charge < -0.3 is 15.4 Å². The normalized spacial score (nSPS) is 21.6. The zero-order chi connectivity index (χ0) is 24.7. The van der Waals surface area contributed by atoms with Crippen molar-refractivity contribution in [2.45, 2.75) is 84.9 Å². The van der Waals surface area contributed by atoms with E-state index in [1.165, 1.54) is 0 Å². The van der Waals surface area contributed by atoms with Crippen LogP contribution in [0, 0.1) is 11.3 Å². The number of anilines is 1. The van der Waals surface area contributed by atoms with Gasteiger partial charge in [-0.25, -0.2) is 9.78 Å². The molecule has 2 atom stereocenters. The summed E-state index contributed by atoms with van der Waals surface area (Å²) in [5.74, 6) is 0.150. The van der Waals surface area contributed by atoms with Gasteiger partial charge >= 0.3 is 6.09 Å². The molecule has 2 N–H and O–H groups in total. The number of aromatic nitrogens is 3. The molecule has 2 aromatic rings. The van der Waals surface area contributed by atoms with Crippen molar-refractivity contribution in [1.29, 1.82) is 0 Å². The molecule has 0 spiro atoms. The first-order chi connectivity index (χ1) is 15.9. The average molecular weight is 488 g/mol. The molecular weight excluding hydrogens is 454 g/mol. The highest BCUT2D eigenvalue weighted by Gasteiger charge is 2.33.